The minimum atomic E-state index is -0.617. The molecule has 35 heavy (non-hydrogen) atoms. The summed E-state index contributed by atoms with van der Waals surface area (Å²) >= 11 is 7.78. The van der Waals surface area contributed by atoms with Crippen molar-refractivity contribution in [1.82, 2.24) is 14.7 Å². The highest BCUT2D eigenvalue weighted by Gasteiger charge is 2.36. The second-order valence-corrected chi connectivity index (χ2v) is 9.65. The maximum absolute atomic E-state index is 13.6. The molecule has 5 rings (SSSR count). The van der Waals surface area contributed by atoms with E-state index in [1.165, 1.54) is 12.1 Å². The van der Waals surface area contributed by atoms with Crippen LogP contribution in [0.3, 0.4) is 0 Å². The van der Waals surface area contributed by atoms with Crippen molar-refractivity contribution in [1.29, 1.82) is 0 Å². The molecule has 0 bridgehead atoms. The highest BCUT2D eigenvalue weighted by atomic mass is 79.9. The lowest BCUT2D eigenvalue weighted by molar-refractivity contribution is -0.128. The van der Waals surface area contributed by atoms with Crippen LogP contribution in [0.4, 0.5) is 10.1 Å². The molecule has 0 radical (unpaired) electrons. The molecule has 0 aliphatic carbocycles. The predicted molar refractivity (Wildman–Crippen MR) is 139 cm³/mol. The normalized spacial score (nSPS) is 15.7. The second kappa shape index (κ2) is 9.85. The van der Waals surface area contributed by atoms with Gasteiger partial charge in [-0.15, -0.1) is 12.6 Å². The van der Waals surface area contributed by atoms with Crippen molar-refractivity contribution in [3.63, 3.8) is 0 Å². The number of hydrogen-bond donors (Lipinski definition) is 2. The number of thiol groups is 1. The summed E-state index contributed by atoms with van der Waals surface area (Å²) in [5.41, 5.74) is 10.5. The molecule has 1 amide bonds. The number of carbonyl (C=O) groups excluding carboxylic acids is 1. The standard InChI is InChI=1S/C26H22BrFN4O2S/c27-18-4-8-20(9-5-18)32-14-21(25(30-32)17-2-6-19(28)7-3-17)26-31(24(33)15-34-26)12-11-16-1-10-23(35)22(29)13-16/h1-10,13-14,26,35H,11-12,15,29H2. The van der Waals surface area contributed by atoms with E-state index >= 15 is 0 Å². The van der Waals surface area contributed by atoms with E-state index in [1.54, 1.807) is 21.7 Å². The zero-order chi connectivity index (χ0) is 24.5. The summed E-state index contributed by atoms with van der Waals surface area (Å²) in [7, 11) is 0. The Kier molecular flexibility index (Phi) is 6.64. The monoisotopic (exact) mass is 552 g/mol. The fraction of sp³-hybridized carbons (Fsp3) is 0.154. The first-order valence-electron chi connectivity index (χ1n) is 11.0. The summed E-state index contributed by atoms with van der Waals surface area (Å²) in [6, 6.07) is 19.5. The number of rotatable bonds is 6. The number of nitrogen functional groups attached to an aromatic ring is 1. The molecule has 6 nitrogen and oxygen atoms in total. The molecule has 0 spiro atoms. The third-order valence-electron chi connectivity index (χ3n) is 5.92. The van der Waals surface area contributed by atoms with Gasteiger partial charge < -0.3 is 15.4 Å². The summed E-state index contributed by atoms with van der Waals surface area (Å²) in [4.78, 5) is 15.2. The first-order chi connectivity index (χ1) is 16.9. The van der Waals surface area contributed by atoms with Crippen LogP contribution >= 0.6 is 28.6 Å². The van der Waals surface area contributed by atoms with Gasteiger partial charge in [-0.25, -0.2) is 9.07 Å². The van der Waals surface area contributed by atoms with Gasteiger partial charge in [0.15, 0.2) is 6.23 Å². The summed E-state index contributed by atoms with van der Waals surface area (Å²) in [5, 5.41) is 4.79. The molecule has 2 N–H and O–H groups in total. The second-order valence-electron chi connectivity index (χ2n) is 8.25. The fourth-order valence-corrected chi connectivity index (χ4v) is 4.49. The van der Waals surface area contributed by atoms with E-state index in [2.05, 4.69) is 28.6 Å². The molecular weight excluding hydrogens is 531 g/mol. The van der Waals surface area contributed by atoms with E-state index in [-0.39, 0.29) is 18.3 Å². The average molecular weight is 553 g/mol. The van der Waals surface area contributed by atoms with Crippen LogP contribution < -0.4 is 5.73 Å². The van der Waals surface area contributed by atoms with Gasteiger partial charge in [0.05, 0.1) is 5.69 Å². The Morgan fingerprint density at radius 1 is 1.11 bits per heavy atom. The van der Waals surface area contributed by atoms with Crippen LogP contribution in [0.1, 0.15) is 17.4 Å². The van der Waals surface area contributed by atoms with Gasteiger partial charge >= 0.3 is 0 Å². The van der Waals surface area contributed by atoms with E-state index in [1.807, 2.05) is 48.7 Å². The number of ether oxygens (including phenoxy) is 1. The molecule has 1 atom stereocenters. The van der Waals surface area contributed by atoms with Gasteiger partial charge in [0.25, 0.3) is 5.91 Å². The molecule has 1 aliphatic heterocycles. The van der Waals surface area contributed by atoms with E-state index in [9.17, 15) is 9.18 Å². The minimum Gasteiger partial charge on any atom is -0.398 e. The predicted octanol–water partition coefficient (Wildman–Crippen LogP) is 5.41. The molecule has 9 heteroatoms. The first-order valence-corrected chi connectivity index (χ1v) is 12.2. The third kappa shape index (κ3) is 4.98. The van der Waals surface area contributed by atoms with Gasteiger partial charge in [-0.3, -0.25) is 4.79 Å². The molecule has 1 saturated heterocycles. The van der Waals surface area contributed by atoms with E-state index in [0.29, 0.717) is 24.3 Å². The maximum atomic E-state index is 13.6. The van der Waals surface area contributed by atoms with Crippen molar-refractivity contribution in [3.05, 3.63) is 94.3 Å². The average Bonchev–Trinajstić information content (AvgIpc) is 3.44. The molecule has 1 aromatic heterocycles. The number of nitrogens with two attached hydrogens (primary N) is 1. The highest BCUT2D eigenvalue weighted by Crippen LogP contribution is 2.35. The van der Waals surface area contributed by atoms with Crippen molar-refractivity contribution < 1.29 is 13.9 Å². The van der Waals surface area contributed by atoms with Gasteiger partial charge in [-0.2, -0.15) is 5.10 Å². The number of aromatic nitrogens is 2. The molecule has 1 fully saturated rings. The maximum Gasteiger partial charge on any atom is 0.250 e. The Morgan fingerprint density at radius 2 is 1.86 bits per heavy atom. The number of benzene rings is 3. The van der Waals surface area contributed by atoms with Crippen molar-refractivity contribution in [3.8, 4) is 16.9 Å². The van der Waals surface area contributed by atoms with Crippen LogP contribution in [0, 0.1) is 5.82 Å². The van der Waals surface area contributed by atoms with Crippen LogP contribution in [0.25, 0.3) is 16.9 Å². The van der Waals surface area contributed by atoms with Gasteiger partial charge in [-0.05, 0) is 72.6 Å². The van der Waals surface area contributed by atoms with Crippen molar-refractivity contribution in [2.45, 2.75) is 17.5 Å². The van der Waals surface area contributed by atoms with Crippen molar-refractivity contribution in [2.24, 2.45) is 0 Å². The van der Waals surface area contributed by atoms with E-state index in [0.717, 1.165) is 31.7 Å². The summed E-state index contributed by atoms with van der Waals surface area (Å²) in [5.74, 6) is -0.432. The number of hydrogen-bond acceptors (Lipinski definition) is 5. The number of anilines is 1. The largest absolute Gasteiger partial charge is 0.398 e. The Hall–Kier alpha value is -3.14. The fourth-order valence-electron chi connectivity index (χ4n) is 4.09. The number of halogens is 2. The lowest BCUT2D eigenvalue weighted by Gasteiger charge is -2.23. The molecule has 2 heterocycles. The molecule has 4 aromatic rings. The molecule has 0 saturated carbocycles. The van der Waals surface area contributed by atoms with Crippen LogP contribution in [-0.4, -0.2) is 33.7 Å². The Bertz CT molecular complexity index is 1380. The quantitative estimate of drug-likeness (QED) is 0.247. The molecule has 1 aliphatic rings. The van der Waals surface area contributed by atoms with Crippen molar-refractivity contribution >= 4 is 40.2 Å². The molecule has 3 aromatic carbocycles. The van der Waals surface area contributed by atoms with E-state index < -0.39 is 6.23 Å². The van der Waals surface area contributed by atoms with Crippen LogP contribution in [0.5, 0.6) is 0 Å². The molecule has 1 unspecified atom stereocenters. The number of carbonyl (C=O) groups is 1. The van der Waals surface area contributed by atoms with Crippen molar-refractivity contribution in [2.75, 3.05) is 18.9 Å². The van der Waals surface area contributed by atoms with Crippen LogP contribution in [0.2, 0.25) is 0 Å². The van der Waals surface area contributed by atoms with E-state index in [4.69, 9.17) is 15.6 Å². The van der Waals surface area contributed by atoms with Crippen LogP contribution in [0.15, 0.2) is 82.3 Å². The van der Waals surface area contributed by atoms with Gasteiger partial charge in [-0.1, -0.05) is 22.0 Å². The Labute approximate surface area is 216 Å². The minimum absolute atomic E-state index is 0.0191. The van der Waals surface area contributed by atoms with Gasteiger partial charge in [0.1, 0.15) is 18.1 Å². The first kappa shape index (κ1) is 23.6. The van der Waals surface area contributed by atoms with Crippen LogP contribution in [-0.2, 0) is 16.0 Å². The lowest BCUT2D eigenvalue weighted by Crippen LogP contribution is -2.30. The smallest absolute Gasteiger partial charge is 0.250 e. The Morgan fingerprint density at radius 3 is 2.57 bits per heavy atom. The SMILES string of the molecule is Nc1cc(CCN2C(=O)COC2c2cn(-c3ccc(Br)cc3)nc2-c2ccc(F)cc2)ccc1S. The van der Waals surface area contributed by atoms with Gasteiger partial charge in [0, 0.05) is 38.9 Å². The highest BCUT2D eigenvalue weighted by molar-refractivity contribution is 9.10. The summed E-state index contributed by atoms with van der Waals surface area (Å²) in [6.07, 6.45) is 1.86. The summed E-state index contributed by atoms with van der Waals surface area (Å²) in [6.45, 7) is 0.426. The summed E-state index contributed by atoms with van der Waals surface area (Å²) < 4.78 is 22.3. The molecular formula is C26H22BrFN4O2S. The zero-order valence-electron chi connectivity index (χ0n) is 18.6. The zero-order valence-corrected chi connectivity index (χ0v) is 21.0. The van der Waals surface area contributed by atoms with Gasteiger partial charge in [0.2, 0.25) is 0 Å². The third-order valence-corrected chi connectivity index (χ3v) is 6.85. The molecule has 178 valence electrons. The topological polar surface area (TPSA) is 73.4 Å². The Balaban J connectivity index is 1.50. The lowest BCUT2D eigenvalue weighted by atomic mass is 10.1. The number of amides is 1. The number of nitrogens with zero attached hydrogens (tertiary/aromatic N) is 3.